The van der Waals surface area contributed by atoms with Gasteiger partial charge in [-0.2, -0.15) is 0 Å². The molecule has 1 aromatic heterocycles. The SMILES string of the molecule is Cc1cc2c3c(c1)N1c4ccccc4[Si](c4ccccc4)(c4ccccc4)c4cccc(c41)B3n1c3c(c4cccc-2c41)-c1ccccc1C3(C)C. The standard InChI is InChI=1S/C48H35BN2Si/c1-30-28-36-33-21-14-22-35-43-34-20-10-11-23-37(34)48(2,3)47(43)51(45(33)35)49-38-24-15-27-42-46(38)50(40(29-30)44(36)49)39-25-12-13-26-41(39)52(42,31-16-6-4-7-17-31)32-18-8-5-9-19-32/h4-29H,1-3H3. The lowest BCUT2D eigenvalue weighted by atomic mass is 9.44. The first-order valence-corrected chi connectivity index (χ1v) is 20.6. The highest BCUT2D eigenvalue weighted by Crippen LogP contribution is 2.56. The van der Waals surface area contributed by atoms with Gasteiger partial charge in [0.2, 0.25) is 0 Å². The van der Waals surface area contributed by atoms with Crippen molar-refractivity contribution in [1.29, 1.82) is 0 Å². The smallest absolute Gasteiger partial charge is 0.332 e. The summed E-state index contributed by atoms with van der Waals surface area (Å²) in [4.78, 5) is 2.66. The van der Waals surface area contributed by atoms with E-state index in [9.17, 15) is 0 Å². The highest BCUT2D eigenvalue weighted by atomic mass is 28.3. The zero-order chi connectivity index (χ0) is 34.5. The number of rotatable bonds is 2. The van der Waals surface area contributed by atoms with E-state index in [2.05, 4.69) is 188 Å². The summed E-state index contributed by atoms with van der Waals surface area (Å²) >= 11 is 0. The largest absolute Gasteiger partial charge is 0.378 e. The van der Waals surface area contributed by atoms with Crippen LogP contribution in [-0.2, 0) is 5.41 Å². The van der Waals surface area contributed by atoms with Crippen LogP contribution in [-0.4, -0.2) is 19.4 Å². The molecule has 0 saturated carbocycles. The lowest BCUT2D eigenvalue weighted by Gasteiger charge is -2.50. The Balaban J connectivity index is 1.28. The number of nitrogens with zero attached hydrogens (tertiary/aromatic N) is 2. The molecule has 8 aromatic rings. The Morgan fingerprint density at radius 1 is 0.577 bits per heavy atom. The third kappa shape index (κ3) is 3.21. The van der Waals surface area contributed by atoms with Gasteiger partial charge in [-0.1, -0.05) is 159 Å². The van der Waals surface area contributed by atoms with E-state index in [0.29, 0.717) is 0 Å². The van der Waals surface area contributed by atoms with E-state index in [4.69, 9.17) is 0 Å². The zero-order valence-electron chi connectivity index (χ0n) is 29.5. The number of benzene rings is 7. The van der Waals surface area contributed by atoms with Crippen LogP contribution in [0.2, 0.25) is 0 Å². The summed E-state index contributed by atoms with van der Waals surface area (Å²) in [5.41, 5.74) is 17.7. The first-order valence-electron chi connectivity index (χ1n) is 18.6. The number of hydrogen-bond acceptors (Lipinski definition) is 1. The third-order valence-corrected chi connectivity index (χ3v) is 17.6. The number of para-hydroxylation sites is 3. The van der Waals surface area contributed by atoms with Gasteiger partial charge >= 0.3 is 6.85 Å². The Morgan fingerprint density at radius 3 is 2.02 bits per heavy atom. The van der Waals surface area contributed by atoms with Crippen molar-refractivity contribution in [3.05, 3.63) is 175 Å². The second-order valence-corrected chi connectivity index (χ2v) is 19.4. The van der Waals surface area contributed by atoms with Gasteiger partial charge in [-0.15, -0.1) is 0 Å². The number of fused-ring (bicyclic) bond motifs is 11. The van der Waals surface area contributed by atoms with Crippen molar-refractivity contribution < 1.29 is 0 Å². The molecule has 3 aliphatic heterocycles. The topological polar surface area (TPSA) is 8.17 Å². The van der Waals surface area contributed by atoms with Crippen molar-refractivity contribution in [3.63, 3.8) is 0 Å². The van der Waals surface area contributed by atoms with Crippen LogP contribution in [0.15, 0.2) is 158 Å². The third-order valence-electron chi connectivity index (χ3n) is 12.8. The molecular weight excluding hydrogens is 643 g/mol. The van der Waals surface area contributed by atoms with E-state index in [-0.39, 0.29) is 12.3 Å². The fraction of sp³-hybridized carbons (Fsp3) is 0.0833. The number of aromatic nitrogens is 1. The summed E-state index contributed by atoms with van der Waals surface area (Å²) < 4.78 is 2.79. The van der Waals surface area contributed by atoms with E-state index in [1.807, 2.05) is 0 Å². The average Bonchev–Trinajstić information content (AvgIpc) is 3.66. The number of aryl methyl sites for hydroxylation is 1. The summed E-state index contributed by atoms with van der Waals surface area (Å²) in [6.07, 6.45) is 0. The normalized spacial score (nSPS) is 15.8. The maximum Gasteiger partial charge on any atom is 0.332 e. The van der Waals surface area contributed by atoms with Crippen molar-refractivity contribution in [1.82, 2.24) is 4.48 Å². The quantitative estimate of drug-likeness (QED) is 0.174. The maximum atomic E-state index is 2.79. The molecular formula is C48H35BN2Si. The zero-order valence-corrected chi connectivity index (χ0v) is 30.5. The molecule has 0 amide bonds. The van der Waals surface area contributed by atoms with Gasteiger partial charge in [0.05, 0.1) is 0 Å². The second-order valence-electron chi connectivity index (χ2n) is 15.7. The fourth-order valence-corrected chi connectivity index (χ4v) is 16.1. The molecule has 4 heteroatoms. The molecule has 0 unspecified atom stereocenters. The molecule has 0 radical (unpaired) electrons. The second kappa shape index (κ2) is 9.73. The Hall–Kier alpha value is -5.84. The predicted octanol–water partition coefficient (Wildman–Crippen LogP) is 7.36. The van der Waals surface area contributed by atoms with Crippen LogP contribution in [0.1, 0.15) is 30.7 Å². The van der Waals surface area contributed by atoms with Gasteiger partial charge in [-0.05, 0) is 73.0 Å². The lowest BCUT2D eigenvalue weighted by molar-refractivity contribution is 0.632. The summed E-state index contributed by atoms with van der Waals surface area (Å²) in [5.74, 6) is 0. The molecule has 2 nitrogen and oxygen atoms in total. The minimum absolute atomic E-state index is 0.0371. The van der Waals surface area contributed by atoms with E-state index in [0.717, 1.165) is 0 Å². The number of hydrogen-bond donors (Lipinski definition) is 0. The molecule has 0 N–H and O–H groups in total. The van der Waals surface area contributed by atoms with Gasteiger partial charge in [0, 0.05) is 50.2 Å². The van der Waals surface area contributed by atoms with Gasteiger partial charge in [0.1, 0.15) is 0 Å². The Morgan fingerprint density at radius 2 is 1.23 bits per heavy atom. The molecule has 4 aliphatic rings. The van der Waals surface area contributed by atoms with Gasteiger partial charge < -0.3 is 9.38 Å². The van der Waals surface area contributed by atoms with Gasteiger partial charge in [0.25, 0.3) is 0 Å². The molecule has 52 heavy (non-hydrogen) atoms. The molecule has 12 rings (SSSR count). The summed E-state index contributed by atoms with van der Waals surface area (Å²) in [6.45, 7) is 7.21. The minimum Gasteiger partial charge on any atom is -0.378 e. The molecule has 4 heterocycles. The van der Waals surface area contributed by atoms with Crippen molar-refractivity contribution in [2.75, 3.05) is 4.90 Å². The molecule has 1 aliphatic carbocycles. The molecule has 0 atom stereocenters. The van der Waals surface area contributed by atoms with Crippen molar-refractivity contribution in [2.45, 2.75) is 26.2 Å². The predicted molar refractivity (Wildman–Crippen MR) is 222 cm³/mol. The van der Waals surface area contributed by atoms with E-state index < -0.39 is 8.07 Å². The van der Waals surface area contributed by atoms with E-state index in [1.54, 1.807) is 0 Å². The summed E-state index contributed by atoms with van der Waals surface area (Å²) in [5, 5.41) is 7.13. The van der Waals surface area contributed by atoms with Crippen molar-refractivity contribution >= 4 is 74.6 Å². The van der Waals surface area contributed by atoms with Crippen LogP contribution in [0.25, 0.3) is 33.2 Å². The number of anilines is 3. The van der Waals surface area contributed by atoms with Crippen LogP contribution >= 0.6 is 0 Å². The van der Waals surface area contributed by atoms with Crippen molar-refractivity contribution in [3.8, 4) is 22.3 Å². The summed E-state index contributed by atoms with van der Waals surface area (Å²) in [7, 11) is -2.77. The van der Waals surface area contributed by atoms with Gasteiger partial charge in [-0.25, -0.2) is 0 Å². The Bertz CT molecular complexity index is 2810. The van der Waals surface area contributed by atoms with Crippen LogP contribution < -0.4 is 36.6 Å². The molecule has 0 fully saturated rings. The lowest BCUT2D eigenvalue weighted by Crippen LogP contribution is -2.78. The first kappa shape index (κ1) is 28.8. The Labute approximate surface area is 305 Å². The summed E-state index contributed by atoms with van der Waals surface area (Å²) in [6, 6.07) is 60.6. The molecule has 0 spiro atoms. The minimum atomic E-state index is -2.77. The van der Waals surface area contributed by atoms with E-state index in [1.165, 1.54) is 98.7 Å². The highest BCUT2D eigenvalue weighted by molar-refractivity contribution is 7.21. The van der Waals surface area contributed by atoms with E-state index >= 15 is 0 Å². The van der Waals surface area contributed by atoms with Crippen LogP contribution in [0.3, 0.4) is 0 Å². The fourth-order valence-electron chi connectivity index (χ4n) is 11.0. The molecule has 244 valence electrons. The molecule has 0 bridgehead atoms. The average molecular weight is 679 g/mol. The van der Waals surface area contributed by atoms with Gasteiger partial charge in [0.15, 0.2) is 8.07 Å². The van der Waals surface area contributed by atoms with Crippen molar-refractivity contribution in [2.24, 2.45) is 0 Å². The molecule has 7 aromatic carbocycles. The van der Waals surface area contributed by atoms with Crippen LogP contribution in [0.5, 0.6) is 0 Å². The van der Waals surface area contributed by atoms with Gasteiger partial charge in [-0.3, -0.25) is 0 Å². The van der Waals surface area contributed by atoms with Crippen LogP contribution in [0.4, 0.5) is 17.1 Å². The maximum absolute atomic E-state index is 2.79. The monoisotopic (exact) mass is 678 g/mol. The molecule has 0 saturated heterocycles. The Kier molecular flexibility index (Phi) is 5.39. The van der Waals surface area contributed by atoms with Crippen LogP contribution in [0, 0.1) is 6.92 Å². The highest BCUT2D eigenvalue weighted by Gasteiger charge is 2.54. The first-order chi connectivity index (χ1) is 25.5.